The second kappa shape index (κ2) is 4.83. The van der Waals surface area contributed by atoms with Crippen molar-refractivity contribution in [2.75, 3.05) is 19.0 Å². The first-order valence-electron chi connectivity index (χ1n) is 6.05. The fourth-order valence-corrected chi connectivity index (χ4v) is 2.24. The highest BCUT2D eigenvalue weighted by Crippen LogP contribution is 2.28. The van der Waals surface area contributed by atoms with Gasteiger partial charge in [0, 0.05) is 25.8 Å². The van der Waals surface area contributed by atoms with Gasteiger partial charge in [0.25, 0.3) is 0 Å². The molecule has 0 unspecified atom stereocenters. The zero-order valence-electron chi connectivity index (χ0n) is 10.5. The average molecular weight is 219 g/mol. The summed E-state index contributed by atoms with van der Waals surface area (Å²) in [5, 5.41) is 3.15. The molecule has 1 N–H and O–H groups in total. The number of nitrogens with one attached hydrogen (secondary N) is 1. The minimum absolute atomic E-state index is 0.710. The quantitative estimate of drug-likeness (QED) is 0.840. The molecular formula is C13H21N3. The highest BCUT2D eigenvalue weighted by Gasteiger charge is 2.23. The van der Waals surface area contributed by atoms with Crippen molar-refractivity contribution in [3.63, 3.8) is 0 Å². The number of hydrogen-bond donors (Lipinski definition) is 1. The standard InChI is InChI=1S/C13H21N3/c1-10-7-11(8-14-2)9-15-13(10)16(3)12-5-4-6-12/h7,9,12,14H,4-6,8H2,1-3H3. The van der Waals surface area contributed by atoms with Crippen molar-refractivity contribution in [1.29, 1.82) is 0 Å². The Kier molecular flexibility index (Phi) is 3.44. The van der Waals surface area contributed by atoms with Gasteiger partial charge in [0.2, 0.25) is 0 Å². The molecule has 0 atom stereocenters. The van der Waals surface area contributed by atoms with Crippen LogP contribution in [0.2, 0.25) is 0 Å². The monoisotopic (exact) mass is 219 g/mol. The maximum Gasteiger partial charge on any atom is 0.131 e. The maximum absolute atomic E-state index is 4.59. The summed E-state index contributed by atoms with van der Waals surface area (Å²) >= 11 is 0. The first-order chi connectivity index (χ1) is 7.72. The lowest BCUT2D eigenvalue weighted by atomic mass is 9.91. The van der Waals surface area contributed by atoms with E-state index in [9.17, 15) is 0 Å². The number of rotatable bonds is 4. The molecule has 3 heteroatoms. The minimum atomic E-state index is 0.710. The summed E-state index contributed by atoms with van der Waals surface area (Å²) in [7, 11) is 4.13. The molecule has 0 spiro atoms. The van der Waals surface area contributed by atoms with E-state index in [0.29, 0.717) is 6.04 Å². The second-order valence-corrected chi connectivity index (χ2v) is 4.71. The van der Waals surface area contributed by atoms with Gasteiger partial charge in [-0.3, -0.25) is 0 Å². The SMILES string of the molecule is CNCc1cnc(N(C)C2CCC2)c(C)c1. The summed E-state index contributed by atoms with van der Waals surface area (Å²) in [5.74, 6) is 1.14. The minimum Gasteiger partial charge on any atom is -0.356 e. The number of aryl methyl sites for hydroxylation is 1. The Morgan fingerprint density at radius 1 is 1.50 bits per heavy atom. The van der Waals surface area contributed by atoms with Gasteiger partial charge in [-0.1, -0.05) is 0 Å². The zero-order chi connectivity index (χ0) is 11.5. The van der Waals surface area contributed by atoms with Crippen LogP contribution in [-0.2, 0) is 6.54 Å². The van der Waals surface area contributed by atoms with Crippen molar-refractivity contribution >= 4 is 5.82 Å². The van der Waals surface area contributed by atoms with Crippen LogP contribution < -0.4 is 10.2 Å². The summed E-state index contributed by atoms with van der Waals surface area (Å²) in [6, 6.07) is 2.94. The normalized spacial score (nSPS) is 15.9. The molecule has 3 nitrogen and oxygen atoms in total. The Bertz CT molecular complexity index is 358. The Morgan fingerprint density at radius 2 is 2.25 bits per heavy atom. The predicted octanol–water partition coefficient (Wildman–Crippen LogP) is 2.10. The molecule has 1 saturated carbocycles. The number of nitrogens with zero attached hydrogens (tertiary/aromatic N) is 2. The van der Waals surface area contributed by atoms with E-state index >= 15 is 0 Å². The van der Waals surface area contributed by atoms with E-state index in [1.165, 1.54) is 30.4 Å². The van der Waals surface area contributed by atoms with Crippen molar-refractivity contribution in [1.82, 2.24) is 10.3 Å². The summed E-state index contributed by atoms with van der Waals surface area (Å²) in [6.45, 7) is 3.04. The molecule has 0 aromatic carbocycles. The van der Waals surface area contributed by atoms with Gasteiger partial charge in [-0.05, 0) is 50.4 Å². The van der Waals surface area contributed by atoms with E-state index in [2.05, 4.69) is 35.2 Å². The summed E-state index contributed by atoms with van der Waals surface area (Å²) in [4.78, 5) is 6.92. The van der Waals surface area contributed by atoms with Crippen molar-refractivity contribution in [3.8, 4) is 0 Å². The van der Waals surface area contributed by atoms with Crippen LogP contribution in [0.15, 0.2) is 12.3 Å². The first-order valence-corrected chi connectivity index (χ1v) is 6.05. The lowest BCUT2D eigenvalue weighted by molar-refractivity contribution is 0.399. The molecule has 0 radical (unpaired) electrons. The lowest BCUT2D eigenvalue weighted by Gasteiger charge is -2.36. The maximum atomic E-state index is 4.59. The molecule has 0 aliphatic heterocycles. The molecule has 1 aromatic rings. The van der Waals surface area contributed by atoms with Crippen LogP contribution in [0, 0.1) is 6.92 Å². The van der Waals surface area contributed by atoms with Crippen LogP contribution in [0.5, 0.6) is 0 Å². The van der Waals surface area contributed by atoms with E-state index in [1.54, 1.807) is 0 Å². The van der Waals surface area contributed by atoms with Gasteiger partial charge in [0.15, 0.2) is 0 Å². The van der Waals surface area contributed by atoms with Gasteiger partial charge in [-0.2, -0.15) is 0 Å². The van der Waals surface area contributed by atoms with Crippen molar-refractivity contribution in [2.24, 2.45) is 0 Å². The Morgan fingerprint density at radius 3 is 2.75 bits per heavy atom. The number of hydrogen-bond acceptors (Lipinski definition) is 3. The van der Waals surface area contributed by atoms with E-state index in [-0.39, 0.29) is 0 Å². The molecule has 1 heterocycles. The van der Waals surface area contributed by atoms with Crippen LogP contribution in [0.25, 0.3) is 0 Å². The molecule has 1 aliphatic rings. The molecular weight excluding hydrogens is 198 g/mol. The van der Waals surface area contributed by atoms with Gasteiger partial charge in [-0.15, -0.1) is 0 Å². The van der Waals surface area contributed by atoms with Gasteiger partial charge in [-0.25, -0.2) is 4.98 Å². The highest BCUT2D eigenvalue weighted by atomic mass is 15.2. The lowest BCUT2D eigenvalue weighted by Crippen LogP contribution is -2.38. The second-order valence-electron chi connectivity index (χ2n) is 4.71. The Labute approximate surface area is 97.9 Å². The van der Waals surface area contributed by atoms with E-state index < -0.39 is 0 Å². The fraction of sp³-hybridized carbons (Fsp3) is 0.615. The molecule has 0 bridgehead atoms. The molecule has 1 aromatic heterocycles. The molecule has 16 heavy (non-hydrogen) atoms. The highest BCUT2D eigenvalue weighted by molar-refractivity contribution is 5.48. The van der Waals surface area contributed by atoms with Crippen LogP contribution >= 0.6 is 0 Å². The van der Waals surface area contributed by atoms with E-state index in [1.807, 2.05) is 13.2 Å². The third-order valence-corrected chi connectivity index (χ3v) is 3.44. The summed E-state index contributed by atoms with van der Waals surface area (Å²) < 4.78 is 0. The third-order valence-electron chi connectivity index (χ3n) is 3.44. The van der Waals surface area contributed by atoms with E-state index in [4.69, 9.17) is 0 Å². The Balaban J connectivity index is 2.14. The third kappa shape index (κ3) is 2.19. The van der Waals surface area contributed by atoms with Gasteiger partial charge < -0.3 is 10.2 Å². The molecule has 0 saturated heterocycles. The van der Waals surface area contributed by atoms with Crippen molar-refractivity contribution in [2.45, 2.75) is 38.8 Å². The molecule has 1 aliphatic carbocycles. The number of aromatic nitrogens is 1. The smallest absolute Gasteiger partial charge is 0.131 e. The van der Waals surface area contributed by atoms with Crippen molar-refractivity contribution < 1.29 is 0 Å². The van der Waals surface area contributed by atoms with E-state index in [0.717, 1.165) is 12.4 Å². The average Bonchev–Trinajstić information content (AvgIpc) is 2.15. The van der Waals surface area contributed by atoms with Crippen LogP contribution in [0.3, 0.4) is 0 Å². The first kappa shape index (κ1) is 11.4. The Hall–Kier alpha value is -1.09. The summed E-state index contributed by atoms with van der Waals surface area (Å²) in [5.41, 5.74) is 2.54. The van der Waals surface area contributed by atoms with Crippen LogP contribution in [-0.4, -0.2) is 25.1 Å². The molecule has 88 valence electrons. The largest absolute Gasteiger partial charge is 0.356 e. The summed E-state index contributed by atoms with van der Waals surface area (Å²) in [6.07, 6.45) is 5.98. The topological polar surface area (TPSA) is 28.2 Å². The van der Waals surface area contributed by atoms with Crippen LogP contribution in [0.1, 0.15) is 30.4 Å². The predicted molar refractivity (Wildman–Crippen MR) is 67.8 cm³/mol. The molecule has 2 rings (SSSR count). The van der Waals surface area contributed by atoms with Crippen LogP contribution in [0.4, 0.5) is 5.82 Å². The zero-order valence-corrected chi connectivity index (χ0v) is 10.5. The number of anilines is 1. The van der Waals surface area contributed by atoms with Gasteiger partial charge in [0.1, 0.15) is 5.82 Å². The molecule has 1 fully saturated rings. The van der Waals surface area contributed by atoms with Crippen molar-refractivity contribution in [3.05, 3.63) is 23.4 Å². The van der Waals surface area contributed by atoms with Gasteiger partial charge in [0.05, 0.1) is 0 Å². The fourth-order valence-electron chi connectivity index (χ4n) is 2.24. The van der Waals surface area contributed by atoms with Gasteiger partial charge >= 0.3 is 0 Å². The number of pyridine rings is 1. The molecule has 0 amide bonds.